The predicted octanol–water partition coefficient (Wildman–Crippen LogP) is 1.00. The zero-order valence-electron chi connectivity index (χ0n) is 5.28. The number of aromatic nitrogens is 3. The lowest BCUT2D eigenvalue weighted by Crippen LogP contribution is -1.84. The molecule has 2 rings (SSSR count). The van der Waals surface area contributed by atoms with Crippen molar-refractivity contribution in [3.63, 3.8) is 0 Å². The maximum Gasteiger partial charge on any atom is 0.0992 e. The molecule has 0 aliphatic carbocycles. The Morgan fingerprint density at radius 3 is 3.20 bits per heavy atom. The van der Waals surface area contributed by atoms with Gasteiger partial charge in [-0.3, -0.25) is 0 Å². The summed E-state index contributed by atoms with van der Waals surface area (Å²) in [6.07, 6.45) is 10.1. The molecular formula is C7H6N3. The van der Waals surface area contributed by atoms with Crippen LogP contribution in [0.1, 0.15) is 0 Å². The third kappa shape index (κ3) is 0.719. The van der Waals surface area contributed by atoms with Crippen LogP contribution in [0.25, 0.3) is 5.69 Å². The minimum Gasteiger partial charge on any atom is -0.358 e. The fourth-order valence-electron chi connectivity index (χ4n) is 0.834. The molecule has 2 heterocycles. The summed E-state index contributed by atoms with van der Waals surface area (Å²) in [6, 6.07) is 1.86. The average molecular weight is 132 g/mol. The molecular weight excluding hydrogens is 126 g/mol. The molecule has 0 saturated heterocycles. The van der Waals surface area contributed by atoms with E-state index in [-0.39, 0.29) is 0 Å². The average Bonchev–Trinajstić information content (AvgIpc) is 2.59. The number of aromatic amines is 1. The van der Waals surface area contributed by atoms with Gasteiger partial charge >= 0.3 is 0 Å². The smallest absolute Gasteiger partial charge is 0.0992 e. The van der Waals surface area contributed by atoms with Crippen LogP contribution in [0, 0.1) is 6.20 Å². The Balaban J connectivity index is 2.48. The monoisotopic (exact) mass is 132 g/mol. The molecule has 1 radical (unpaired) electrons. The molecule has 0 aliphatic heterocycles. The van der Waals surface area contributed by atoms with E-state index in [0.717, 1.165) is 5.69 Å². The lowest BCUT2D eigenvalue weighted by atomic mass is 10.5. The maximum atomic E-state index is 3.91. The van der Waals surface area contributed by atoms with E-state index in [1.54, 1.807) is 12.5 Å². The number of hydrogen-bond donors (Lipinski definition) is 1. The van der Waals surface area contributed by atoms with E-state index in [1.165, 1.54) is 0 Å². The summed E-state index contributed by atoms with van der Waals surface area (Å²) < 4.78 is 1.91. The van der Waals surface area contributed by atoms with Crippen molar-refractivity contribution in [2.75, 3.05) is 0 Å². The van der Waals surface area contributed by atoms with Crippen LogP contribution < -0.4 is 0 Å². The van der Waals surface area contributed by atoms with E-state index in [2.05, 4.69) is 16.2 Å². The minimum atomic E-state index is 1.05. The van der Waals surface area contributed by atoms with Crippen LogP contribution in [0.15, 0.2) is 31.0 Å². The summed E-state index contributed by atoms with van der Waals surface area (Å²) in [7, 11) is 0. The van der Waals surface area contributed by atoms with Gasteiger partial charge in [-0.15, -0.1) is 0 Å². The van der Waals surface area contributed by atoms with Gasteiger partial charge in [-0.2, -0.15) is 0 Å². The van der Waals surface area contributed by atoms with E-state index < -0.39 is 0 Å². The van der Waals surface area contributed by atoms with E-state index >= 15 is 0 Å². The number of nitrogens with one attached hydrogen (secondary N) is 1. The van der Waals surface area contributed by atoms with Crippen molar-refractivity contribution in [1.82, 2.24) is 14.5 Å². The van der Waals surface area contributed by atoms with Gasteiger partial charge < -0.3 is 9.55 Å². The second kappa shape index (κ2) is 2.02. The molecule has 0 spiro atoms. The number of rotatable bonds is 1. The van der Waals surface area contributed by atoms with E-state index in [9.17, 15) is 0 Å². The Morgan fingerprint density at radius 2 is 2.60 bits per heavy atom. The zero-order valence-corrected chi connectivity index (χ0v) is 5.28. The molecule has 3 nitrogen and oxygen atoms in total. The Hall–Kier alpha value is -1.51. The van der Waals surface area contributed by atoms with Crippen LogP contribution in [0.3, 0.4) is 0 Å². The molecule has 3 heteroatoms. The molecule has 0 amide bonds. The first-order chi connectivity index (χ1) is 4.97. The first-order valence-electron chi connectivity index (χ1n) is 2.99. The lowest BCUT2D eigenvalue weighted by Gasteiger charge is -1.92. The Morgan fingerprint density at radius 1 is 1.60 bits per heavy atom. The van der Waals surface area contributed by atoms with Gasteiger partial charge in [0.1, 0.15) is 0 Å². The van der Waals surface area contributed by atoms with Crippen LogP contribution >= 0.6 is 0 Å². The van der Waals surface area contributed by atoms with Crippen LogP contribution in [0.2, 0.25) is 0 Å². The van der Waals surface area contributed by atoms with Crippen LogP contribution in [0.5, 0.6) is 0 Å². The SMILES string of the molecule is [c]1cc(-n2ccnc2)c[nH]1. The normalized spacial score (nSPS) is 10.0. The highest BCUT2D eigenvalue weighted by Gasteiger charge is 1.91. The first-order valence-corrected chi connectivity index (χ1v) is 2.99. The number of H-pyrrole nitrogens is 1. The summed E-state index contributed by atoms with van der Waals surface area (Å²) in [6.45, 7) is 0. The van der Waals surface area contributed by atoms with Crippen LogP contribution in [-0.4, -0.2) is 14.5 Å². The fourth-order valence-corrected chi connectivity index (χ4v) is 0.834. The summed E-state index contributed by atoms with van der Waals surface area (Å²) in [5.74, 6) is 0. The predicted molar refractivity (Wildman–Crippen MR) is 36.8 cm³/mol. The quantitative estimate of drug-likeness (QED) is 0.617. The van der Waals surface area contributed by atoms with Crippen molar-refractivity contribution in [3.05, 3.63) is 37.2 Å². The van der Waals surface area contributed by atoms with Crippen molar-refractivity contribution in [3.8, 4) is 5.69 Å². The fraction of sp³-hybridized carbons (Fsp3) is 0. The molecule has 1 N–H and O–H groups in total. The largest absolute Gasteiger partial charge is 0.358 e. The van der Waals surface area contributed by atoms with Gasteiger partial charge in [0.25, 0.3) is 0 Å². The van der Waals surface area contributed by atoms with Gasteiger partial charge in [-0.25, -0.2) is 4.98 Å². The van der Waals surface area contributed by atoms with Crippen molar-refractivity contribution >= 4 is 0 Å². The van der Waals surface area contributed by atoms with E-state index in [4.69, 9.17) is 0 Å². The molecule has 2 aromatic rings. The van der Waals surface area contributed by atoms with E-state index in [1.807, 2.05) is 23.0 Å². The van der Waals surface area contributed by atoms with Crippen molar-refractivity contribution < 1.29 is 0 Å². The molecule has 2 aromatic heterocycles. The van der Waals surface area contributed by atoms with Crippen LogP contribution in [-0.2, 0) is 0 Å². The maximum absolute atomic E-state index is 3.91. The molecule has 0 atom stereocenters. The standard InChI is InChI=1S/C7H6N3/c1-2-8-5-7(1)10-4-3-9-6-10/h1,3-6,8H. The lowest BCUT2D eigenvalue weighted by molar-refractivity contribution is 1.06. The molecule has 0 saturated carbocycles. The highest BCUT2D eigenvalue weighted by Crippen LogP contribution is 2.02. The van der Waals surface area contributed by atoms with Gasteiger partial charge in [0.05, 0.1) is 18.2 Å². The van der Waals surface area contributed by atoms with Gasteiger partial charge in [-0.05, 0) is 6.07 Å². The number of imidazole rings is 1. The third-order valence-corrected chi connectivity index (χ3v) is 1.33. The highest BCUT2D eigenvalue weighted by atomic mass is 15.0. The summed E-state index contributed by atoms with van der Waals surface area (Å²) in [4.78, 5) is 6.76. The second-order valence-corrected chi connectivity index (χ2v) is 1.97. The first kappa shape index (κ1) is 5.29. The summed E-state index contributed by atoms with van der Waals surface area (Å²) in [5, 5.41) is 0. The summed E-state index contributed by atoms with van der Waals surface area (Å²) >= 11 is 0. The highest BCUT2D eigenvalue weighted by molar-refractivity contribution is 5.26. The number of nitrogens with zero attached hydrogens (tertiary/aromatic N) is 2. The zero-order chi connectivity index (χ0) is 6.81. The van der Waals surface area contributed by atoms with E-state index in [0.29, 0.717) is 0 Å². The molecule has 0 fully saturated rings. The minimum absolute atomic E-state index is 1.05. The van der Waals surface area contributed by atoms with Gasteiger partial charge in [0.15, 0.2) is 0 Å². The molecule has 10 heavy (non-hydrogen) atoms. The third-order valence-electron chi connectivity index (χ3n) is 1.33. The molecule has 49 valence electrons. The van der Waals surface area contributed by atoms with Crippen molar-refractivity contribution in [2.45, 2.75) is 0 Å². The molecule has 0 bridgehead atoms. The van der Waals surface area contributed by atoms with Crippen LogP contribution in [0.4, 0.5) is 0 Å². The van der Waals surface area contributed by atoms with Gasteiger partial charge in [-0.1, -0.05) is 0 Å². The van der Waals surface area contributed by atoms with Crippen molar-refractivity contribution in [1.29, 1.82) is 0 Å². The van der Waals surface area contributed by atoms with Gasteiger partial charge in [0, 0.05) is 18.6 Å². The Bertz CT molecular complexity index is 248. The molecule has 0 unspecified atom stereocenters. The van der Waals surface area contributed by atoms with Crippen molar-refractivity contribution in [2.24, 2.45) is 0 Å². The number of hydrogen-bond acceptors (Lipinski definition) is 1. The molecule has 0 aromatic carbocycles. The summed E-state index contributed by atoms with van der Waals surface area (Å²) in [5.41, 5.74) is 1.05. The molecule has 0 aliphatic rings. The second-order valence-electron chi connectivity index (χ2n) is 1.97. The van der Waals surface area contributed by atoms with Gasteiger partial charge in [0.2, 0.25) is 0 Å². The Kier molecular flexibility index (Phi) is 1.07. The Labute approximate surface area is 58.3 Å². The topological polar surface area (TPSA) is 33.6 Å².